The van der Waals surface area contributed by atoms with E-state index < -0.39 is 72.1 Å². The molecule has 2 aliphatic rings. The zero-order chi connectivity index (χ0) is 33.7. The van der Waals surface area contributed by atoms with Crippen molar-refractivity contribution >= 4 is 46.4 Å². The van der Waals surface area contributed by atoms with Crippen molar-refractivity contribution in [1.82, 2.24) is 31.2 Å². The van der Waals surface area contributed by atoms with E-state index in [1.807, 2.05) is 13.8 Å². The van der Waals surface area contributed by atoms with E-state index in [0.717, 1.165) is 0 Å². The molecule has 14 nitrogen and oxygen atoms in total. The maximum atomic E-state index is 13.9. The molecule has 5 unspecified atom stereocenters. The highest BCUT2D eigenvalue weighted by atomic mass is 16.4. The van der Waals surface area contributed by atoms with Crippen molar-refractivity contribution in [2.45, 2.75) is 90.0 Å². The average molecular weight is 636 g/mol. The van der Waals surface area contributed by atoms with Gasteiger partial charge >= 0.3 is 5.97 Å². The Labute approximate surface area is 266 Å². The molecule has 0 saturated carbocycles. The quantitative estimate of drug-likeness (QED) is 0.254. The Kier molecular flexibility index (Phi) is 10.7. The van der Waals surface area contributed by atoms with Crippen LogP contribution in [0.15, 0.2) is 24.3 Å². The van der Waals surface area contributed by atoms with E-state index in [1.165, 1.54) is 4.90 Å². The largest absolute Gasteiger partial charge is 0.481 e. The maximum Gasteiger partial charge on any atom is 0.305 e. The summed E-state index contributed by atoms with van der Waals surface area (Å²) >= 11 is 0. The van der Waals surface area contributed by atoms with E-state index in [1.54, 1.807) is 38.1 Å². The van der Waals surface area contributed by atoms with Gasteiger partial charge in [0, 0.05) is 23.9 Å². The Morgan fingerprint density at radius 1 is 0.935 bits per heavy atom. The molecule has 14 heteroatoms. The van der Waals surface area contributed by atoms with Crippen molar-refractivity contribution in [3.05, 3.63) is 35.5 Å². The van der Waals surface area contributed by atoms with Gasteiger partial charge in [0.2, 0.25) is 29.5 Å². The fourth-order valence-electron chi connectivity index (χ4n) is 6.09. The first-order valence-corrected chi connectivity index (χ1v) is 15.5. The molecule has 1 aromatic heterocycles. The normalized spacial score (nSPS) is 24.8. The second kappa shape index (κ2) is 14.4. The summed E-state index contributed by atoms with van der Waals surface area (Å²) in [6.07, 6.45) is 0.00736. The number of fused-ring (bicyclic) bond motifs is 2. The number of aromatic amines is 1. The van der Waals surface area contributed by atoms with Crippen LogP contribution >= 0.6 is 0 Å². The number of carboxylic acids is 1. The van der Waals surface area contributed by atoms with Gasteiger partial charge in [-0.1, -0.05) is 45.9 Å². The smallest absolute Gasteiger partial charge is 0.305 e. The molecular formula is C32H41N7O7. The minimum absolute atomic E-state index is 0.0547. The Morgan fingerprint density at radius 2 is 1.59 bits per heavy atom. The van der Waals surface area contributed by atoms with Crippen molar-refractivity contribution in [3.63, 3.8) is 0 Å². The predicted molar refractivity (Wildman–Crippen MR) is 166 cm³/mol. The number of hydrogen-bond donors (Lipinski definition) is 6. The second-order valence-electron chi connectivity index (χ2n) is 12.7. The molecule has 1 aromatic carbocycles. The number of rotatable bonds is 7. The molecule has 246 valence electrons. The molecule has 2 aromatic rings. The number of nitrogens with zero attached hydrogens (tertiary/aromatic N) is 2. The summed E-state index contributed by atoms with van der Waals surface area (Å²) in [5.41, 5.74) is 1.25. The van der Waals surface area contributed by atoms with Crippen molar-refractivity contribution in [2.24, 2.45) is 11.8 Å². The van der Waals surface area contributed by atoms with E-state index >= 15 is 0 Å². The first-order chi connectivity index (χ1) is 21.8. The molecule has 2 aliphatic heterocycles. The Morgan fingerprint density at radius 3 is 2.24 bits per heavy atom. The standard InChI is InChI=1S/C32H41N7O7/c1-16(2)12-21-28(42)35-22(13-19-18-8-5-6-9-20(18)34-24(19)15-33)29(43)37-23(14-26(40)41)32(46)39-11-7-10-25(39)30(44)38-27(17(3)4)31(45)36-21/h5-6,8-9,16-17,21-23,25,27,34H,7,10-14H2,1-4H3,(H,35,42)(H,36,45)(H,37,43)(H,38,44)(H,40,41). The number of carbonyl (C=O) groups is 6. The second-order valence-corrected chi connectivity index (χ2v) is 12.7. The zero-order valence-corrected chi connectivity index (χ0v) is 26.4. The molecule has 0 bridgehead atoms. The number of H-pyrrole nitrogens is 1. The SMILES string of the molecule is CC(C)CC1NC(=O)C(C(C)C)NC(=O)C2CCCN2C(=O)C(CC(=O)O)NC(=O)C(Cc2c(C#N)[nH]c3ccccc23)NC1=O. The third-order valence-electron chi connectivity index (χ3n) is 8.39. The molecule has 2 fully saturated rings. The summed E-state index contributed by atoms with van der Waals surface area (Å²) in [7, 11) is 0. The van der Waals surface area contributed by atoms with Crippen molar-refractivity contribution < 1.29 is 33.9 Å². The van der Waals surface area contributed by atoms with Crippen molar-refractivity contribution in [1.29, 1.82) is 5.26 Å². The minimum atomic E-state index is -1.55. The fraction of sp³-hybridized carbons (Fsp3) is 0.531. The Bertz CT molecular complexity index is 1560. The van der Waals surface area contributed by atoms with E-state index in [4.69, 9.17) is 0 Å². The van der Waals surface area contributed by atoms with Gasteiger partial charge in [0.1, 0.15) is 42.0 Å². The van der Waals surface area contributed by atoms with Gasteiger partial charge < -0.3 is 36.3 Å². The van der Waals surface area contributed by atoms with Gasteiger partial charge in [-0.2, -0.15) is 5.26 Å². The lowest BCUT2D eigenvalue weighted by Gasteiger charge is -2.30. The van der Waals surface area contributed by atoms with E-state index in [-0.39, 0.29) is 43.3 Å². The lowest BCUT2D eigenvalue weighted by atomic mass is 9.98. The molecule has 46 heavy (non-hydrogen) atoms. The average Bonchev–Trinajstić information content (AvgIpc) is 3.62. The monoisotopic (exact) mass is 635 g/mol. The van der Waals surface area contributed by atoms with Gasteiger partial charge in [0.15, 0.2) is 0 Å². The van der Waals surface area contributed by atoms with Crippen LogP contribution in [0, 0.1) is 23.2 Å². The first-order valence-electron chi connectivity index (χ1n) is 15.5. The molecule has 3 heterocycles. The van der Waals surface area contributed by atoms with Gasteiger partial charge in [-0.25, -0.2) is 0 Å². The summed E-state index contributed by atoms with van der Waals surface area (Å²) in [5, 5.41) is 30.9. The van der Waals surface area contributed by atoms with E-state index in [9.17, 15) is 39.1 Å². The highest BCUT2D eigenvalue weighted by molar-refractivity contribution is 5.99. The highest BCUT2D eigenvalue weighted by Gasteiger charge is 2.41. The van der Waals surface area contributed by atoms with Gasteiger partial charge in [0.05, 0.1) is 6.42 Å². The van der Waals surface area contributed by atoms with Crippen LogP contribution in [-0.2, 0) is 35.2 Å². The molecule has 6 N–H and O–H groups in total. The molecule has 4 rings (SSSR count). The van der Waals surface area contributed by atoms with Gasteiger partial charge in [0.25, 0.3) is 0 Å². The number of benzene rings is 1. The van der Waals surface area contributed by atoms with Crippen LogP contribution in [0.4, 0.5) is 0 Å². The molecule has 0 radical (unpaired) electrons. The summed E-state index contributed by atoms with van der Waals surface area (Å²) in [5.74, 6) is -5.27. The van der Waals surface area contributed by atoms with Gasteiger partial charge in [-0.05, 0) is 42.7 Å². The number of aromatic nitrogens is 1. The summed E-state index contributed by atoms with van der Waals surface area (Å²) in [4.78, 5) is 84.7. The third-order valence-corrected chi connectivity index (χ3v) is 8.39. The Hall–Kier alpha value is -4.93. The van der Waals surface area contributed by atoms with Crippen LogP contribution in [0.5, 0.6) is 0 Å². The number of carboxylic acid groups (broad SMARTS) is 1. The third kappa shape index (κ3) is 7.64. The van der Waals surface area contributed by atoms with Crippen LogP contribution in [0.1, 0.15) is 64.6 Å². The number of aliphatic carboxylic acids is 1. The van der Waals surface area contributed by atoms with Crippen LogP contribution in [0.2, 0.25) is 0 Å². The number of nitrogens with one attached hydrogen (secondary N) is 5. The van der Waals surface area contributed by atoms with Gasteiger partial charge in [-0.3, -0.25) is 28.8 Å². The van der Waals surface area contributed by atoms with Crippen LogP contribution in [0.25, 0.3) is 10.9 Å². The lowest BCUT2D eigenvalue weighted by Crippen LogP contribution is -2.59. The topological polar surface area (TPSA) is 214 Å². The molecule has 5 atom stereocenters. The number of carbonyl (C=O) groups excluding carboxylic acids is 5. The van der Waals surface area contributed by atoms with Crippen molar-refractivity contribution in [3.8, 4) is 6.07 Å². The molecule has 2 saturated heterocycles. The lowest BCUT2D eigenvalue weighted by molar-refractivity contribution is -0.146. The molecule has 0 aliphatic carbocycles. The fourth-order valence-corrected chi connectivity index (χ4v) is 6.09. The summed E-state index contributed by atoms with van der Waals surface area (Å²) < 4.78 is 0. The van der Waals surface area contributed by atoms with Crippen molar-refractivity contribution in [2.75, 3.05) is 6.54 Å². The van der Waals surface area contributed by atoms with Crippen LogP contribution < -0.4 is 21.3 Å². The minimum Gasteiger partial charge on any atom is -0.481 e. The molecular weight excluding hydrogens is 594 g/mol. The molecule has 5 amide bonds. The highest BCUT2D eigenvalue weighted by Crippen LogP contribution is 2.24. The van der Waals surface area contributed by atoms with Crippen LogP contribution in [-0.4, -0.2) is 87.2 Å². The number of hydrogen-bond acceptors (Lipinski definition) is 7. The zero-order valence-electron chi connectivity index (χ0n) is 26.4. The number of amides is 5. The predicted octanol–water partition coefficient (Wildman–Crippen LogP) is 0.703. The molecule has 0 spiro atoms. The summed E-state index contributed by atoms with van der Waals surface area (Å²) in [6.45, 7) is 7.36. The maximum absolute atomic E-state index is 13.9. The van der Waals surface area contributed by atoms with Gasteiger partial charge in [-0.15, -0.1) is 0 Å². The number of nitriles is 1. The summed E-state index contributed by atoms with van der Waals surface area (Å²) in [6, 6.07) is 3.12. The van der Waals surface area contributed by atoms with Crippen LogP contribution in [0.3, 0.4) is 0 Å². The number of para-hydroxylation sites is 1. The van der Waals surface area contributed by atoms with E-state index in [2.05, 4.69) is 32.3 Å². The van der Waals surface area contributed by atoms with E-state index in [0.29, 0.717) is 22.9 Å². The Balaban J connectivity index is 1.81. The first kappa shape index (κ1) is 34.0.